The maximum absolute atomic E-state index is 6.16. The Balaban J connectivity index is 1.73. The Kier molecular flexibility index (Phi) is 5.19. The van der Waals surface area contributed by atoms with Crippen molar-refractivity contribution in [2.45, 2.75) is 52.4 Å². The molecular weight excluding hydrogens is 426 g/mol. The number of hydrogen-bond donors (Lipinski definition) is 0. The SMILES string of the molecule is Cc1cc(COc2ccccc2I)ccc1B1OC(C)(C)C(C)(C)O1. The molecule has 0 aromatic heterocycles. The standard InChI is InChI=1S/C20H24BIO3/c1-14-12-15(13-23-18-9-7-6-8-17(18)22)10-11-16(14)21-24-19(2,3)20(4,5)25-21/h6-12H,13H2,1-5H3. The third-order valence-electron chi connectivity index (χ3n) is 5.07. The number of hydrogen-bond acceptors (Lipinski definition) is 3. The highest BCUT2D eigenvalue weighted by atomic mass is 127. The fourth-order valence-corrected chi connectivity index (χ4v) is 3.33. The van der Waals surface area contributed by atoms with Gasteiger partial charge in [0.25, 0.3) is 0 Å². The fourth-order valence-electron chi connectivity index (χ4n) is 2.78. The highest BCUT2D eigenvalue weighted by Crippen LogP contribution is 2.36. The van der Waals surface area contributed by atoms with Crippen LogP contribution < -0.4 is 10.2 Å². The molecule has 0 aliphatic carbocycles. The number of aryl methyl sites for hydroxylation is 1. The first-order valence-corrected chi connectivity index (χ1v) is 9.60. The Hall–Kier alpha value is -1.05. The van der Waals surface area contributed by atoms with Crippen LogP contribution in [0.15, 0.2) is 42.5 Å². The second-order valence-corrected chi connectivity index (χ2v) is 8.66. The maximum Gasteiger partial charge on any atom is 0.495 e. The van der Waals surface area contributed by atoms with Crippen LogP contribution >= 0.6 is 22.6 Å². The molecule has 0 atom stereocenters. The Morgan fingerprint density at radius 3 is 2.24 bits per heavy atom. The van der Waals surface area contributed by atoms with Gasteiger partial charge in [-0.2, -0.15) is 0 Å². The average Bonchev–Trinajstić information content (AvgIpc) is 2.74. The average molecular weight is 450 g/mol. The summed E-state index contributed by atoms with van der Waals surface area (Å²) in [5.41, 5.74) is 2.72. The fraction of sp³-hybridized carbons (Fsp3) is 0.400. The first-order chi connectivity index (χ1) is 11.7. The second kappa shape index (κ2) is 6.93. The molecule has 0 radical (unpaired) electrons. The lowest BCUT2D eigenvalue weighted by Crippen LogP contribution is -2.41. The highest BCUT2D eigenvalue weighted by Gasteiger charge is 2.51. The summed E-state index contributed by atoms with van der Waals surface area (Å²) in [6, 6.07) is 14.4. The highest BCUT2D eigenvalue weighted by molar-refractivity contribution is 14.1. The van der Waals surface area contributed by atoms with E-state index in [0.29, 0.717) is 6.61 Å². The molecule has 1 saturated heterocycles. The molecule has 2 aromatic rings. The summed E-state index contributed by atoms with van der Waals surface area (Å²) in [7, 11) is -0.324. The van der Waals surface area contributed by atoms with Crippen molar-refractivity contribution in [1.29, 1.82) is 0 Å². The number of para-hydroxylation sites is 1. The molecule has 0 amide bonds. The van der Waals surface area contributed by atoms with Crippen molar-refractivity contribution in [3.63, 3.8) is 0 Å². The third kappa shape index (κ3) is 3.88. The van der Waals surface area contributed by atoms with Crippen LogP contribution in [-0.2, 0) is 15.9 Å². The van der Waals surface area contributed by atoms with Crippen molar-refractivity contribution in [3.05, 3.63) is 57.2 Å². The molecule has 3 rings (SSSR count). The molecule has 0 unspecified atom stereocenters. The Bertz CT molecular complexity index is 757. The maximum atomic E-state index is 6.16. The van der Waals surface area contributed by atoms with E-state index >= 15 is 0 Å². The zero-order valence-electron chi connectivity index (χ0n) is 15.4. The molecule has 25 heavy (non-hydrogen) atoms. The number of rotatable bonds is 4. The lowest BCUT2D eigenvalue weighted by molar-refractivity contribution is 0.00578. The molecule has 1 aliphatic heterocycles. The Morgan fingerprint density at radius 2 is 1.64 bits per heavy atom. The van der Waals surface area contributed by atoms with E-state index in [9.17, 15) is 0 Å². The molecule has 0 spiro atoms. The predicted molar refractivity (Wildman–Crippen MR) is 110 cm³/mol. The summed E-state index contributed by atoms with van der Waals surface area (Å²) in [5.74, 6) is 0.913. The van der Waals surface area contributed by atoms with Crippen LogP contribution in [0.3, 0.4) is 0 Å². The zero-order valence-corrected chi connectivity index (χ0v) is 17.6. The van der Waals surface area contributed by atoms with Crippen LogP contribution in [0.1, 0.15) is 38.8 Å². The van der Waals surface area contributed by atoms with Gasteiger partial charge < -0.3 is 14.0 Å². The summed E-state index contributed by atoms with van der Waals surface area (Å²) >= 11 is 2.29. The molecule has 3 nitrogen and oxygen atoms in total. The molecule has 132 valence electrons. The Morgan fingerprint density at radius 1 is 1.00 bits per heavy atom. The van der Waals surface area contributed by atoms with Gasteiger partial charge in [0.05, 0.1) is 14.8 Å². The molecule has 5 heteroatoms. The number of ether oxygens (including phenoxy) is 1. The third-order valence-corrected chi connectivity index (χ3v) is 5.96. The van der Waals surface area contributed by atoms with Crippen molar-refractivity contribution in [1.82, 2.24) is 0 Å². The Labute approximate surface area is 164 Å². The van der Waals surface area contributed by atoms with Crippen molar-refractivity contribution in [3.8, 4) is 5.75 Å². The molecule has 1 heterocycles. The van der Waals surface area contributed by atoms with Gasteiger partial charge in [0.2, 0.25) is 0 Å². The van der Waals surface area contributed by atoms with Gasteiger partial charge in [0.1, 0.15) is 12.4 Å². The van der Waals surface area contributed by atoms with Crippen LogP contribution in [0.4, 0.5) is 0 Å². The van der Waals surface area contributed by atoms with Gasteiger partial charge in [-0.1, -0.05) is 35.9 Å². The van der Waals surface area contributed by atoms with E-state index in [1.165, 1.54) is 0 Å². The van der Waals surface area contributed by atoms with Crippen molar-refractivity contribution in [2.24, 2.45) is 0 Å². The summed E-state index contributed by atoms with van der Waals surface area (Å²) in [6.45, 7) is 10.9. The van der Waals surface area contributed by atoms with Crippen LogP contribution in [0.2, 0.25) is 0 Å². The van der Waals surface area contributed by atoms with Gasteiger partial charge in [-0.15, -0.1) is 0 Å². The molecule has 1 fully saturated rings. The zero-order chi connectivity index (χ0) is 18.2. The summed E-state index contributed by atoms with van der Waals surface area (Å²) in [5, 5.41) is 0. The molecule has 0 bridgehead atoms. The topological polar surface area (TPSA) is 27.7 Å². The molecule has 1 aliphatic rings. The van der Waals surface area contributed by atoms with E-state index in [1.54, 1.807) is 0 Å². The quantitative estimate of drug-likeness (QED) is 0.508. The second-order valence-electron chi connectivity index (χ2n) is 7.50. The van der Waals surface area contributed by atoms with Gasteiger partial charge in [0.15, 0.2) is 0 Å². The van der Waals surface area contributed by atoms with E-state index in [-0.39, 0.29) is 18.3 Å². The van der Waals surface area contributed by atoms with Crippen LogP contribution in [0.25, 0.3) is 0 Å². The minimum absolute atomic E-state index is 0.324. The van der Waals surface area contributed by atoms with E-state index in [0.717, 1.165) is 25.9 Å². The van der Waals surface area contributed by atoms with Crippen molar-refractivity contribution < 1.29 is 14.0 Å². The largest absolute Gasteiger partial charge is 0.495 e. The van der Waals surface area contributed by atoms with Gasteiger partial charge in [-0.3, -0.25) is 0 Å². The normalized spacial score (nSPS) is 18.4. The van der Waals surface area contributed by atoms with Crippen LogP contribution in [0.5, 0.6) is 5.75 Å². The van der Waals surface area contributed by atoms with E-state index < -0.39 is 0 Å². The molecule has 2 aromatic carbocycles. The first kappa shape index (κ1) is 18.7. The lowest BCUT2D eigenvalue weighted by atomic mass is 9.76. The van der Waals surface area contributed by atoms with Gasteiger partial charge >= 0.3 is 7.12 Å². The van der Waals surface area contributed by atoms with Crippen LogP contribution in [0, 0.1) is 10.5 Å². The van der Waals surface area contributed by atoms with Gasteiger partial charge in [0, 0.05) is 0 Å². The van der Waals surface area contributed by atoms with E-state index in [4.69, 9.17) is 14.0 Å². The van der Waals surface area contributed by atoms with Gasteiger partial charge in [-0.05, 0) is 80.4 Å². The van der Waals surface area contributed by atoms with E-state index in [1.807, 2.05) is 24.3 Å². The lowest BCUT2D eigenvalue weighted by Gasteiger charge is -2.32. The number of benzene rings is 2. The van der Waals surface area contributed by atoms with Gasteiger partial charge in [-0.25, -0.2) is 0 Å². The summed E-state index contributed by atoms with van der Waals surface area (Å²) in [6.07, 6.45) is 0. The van der Waals surface area contributed by atoms with Crippen LogP contribution in [-0.4, -0.2) is 18.3 Å². The molecule has 0 N–H and O–H groups in total. The molecular formula is C20H24BIO3. The minimum Gasteiger partial charge on any atom is -0.488 e. The van der Waals surface area contributed by atoms with Crippen molar-refractivity contribution in [2.75, 3.05) is 0 Å². The predicted octanol–water partition coefficient (Wildman–Crippen LogP) is 4.48. The van der Waals surface area contributed by atoms with Crippen molar-refractivity contribution >= 4 is 35.2 Å². The monoisotopic (exact) mass is 450 g/mol. The molecule has 0 saturated carbocycles. The smallest absolute Gasteiger partial charge is 0.488 e. The minimum atomic E-state index is -0.324. The summed E-state index contributed by atoms with van der Waals surface area (Å²) < 4.78 is 19.4. The summed E-state index contributed by atoms with van der Waals surface area (Å²) in [4.78, 5) is 0. The van der Waals surface area contributed by atoms with E-state index in [2.05, 4.69) is 75.4 Å². The number of halogens is 1. The first-order valence-electron chi connectivity index (χ1n) is 8.52.